The summed E-state index contributed by atoms with van der Waals surface area (Å²) in [5.74, 6) is 1.19. The Morgan fingerprint density at radius 3 is 2.66 bits per heavy atom. The minimum atomic E-state index is -0.317. The molecule has 1 aliphatic heterocycles. The van der Waals surface area contributed by atoms with Crippen LogP contribution in [0.1, 0.15) is 81.4 Å². The van der Waals surface area contributed by atoms with Crippen LogP contribution in [0.5, 0.6) is 5.75 Å². The molecule has 3 N–H and O–H groups in total. The highest BCUT2D eigenvalue weighted by Gasteiger charge is 2.46. The molecule has 3 nitrogen and oxygen atoms in total. The summed E-state index contributed by atoms with van der Waals surface area (Å²) in [7, 11) is 0. The Morgan fingerprint density at radius 2 is 1.90 bits per heavy atom. The van der Waals surface area contributed by atoms with Crippen molar-refractivity contribution in [3.63, 3.8) is 0 Å². The van der Waals surface area contributed by atoms with Crippen LogP contribution in [0, 0.1) is 5.92 Å². The molecule has 0 saturated heterocycles. The predicted octanol–water partition coefficient (Wildman–Crippen LogP) is 5.97. The normalized spacial score (nSPS) is 26.1. The van der Waals surface area contributed by atoms with E-state index < -0.39 is 0 Å². The molecule has 3 heteroatoms. The minimum absolute atomic E-state index is 0.0517. The topological polar surface area (TPSA) is 52.5 Å². The van der Waals surface area contributed by atoms with Gasteiger partial charge in [0, 0.05) is 17.1 Å². The monoisotopic (exact) mass is 393 g/mol. The van der Waals surface area contributed by atoms with E-state index in [-0.39, 0.29) is 17.6 Å². The number of hydrogen-bond donors (Lipinski definition) is 3. The van der Waals surface area contributed by atoms with Gasteiger partial charge in [-0.15, -0.1) is 0 Å². The van der Waals surface area contributed by atoms with Crippen LogP contribution >= 0.6 is 0 Å². The lowest BCUT2D eigenvalue weighted by Crippen LogP contribution is -2.50. The molecule has 0 bridgehead atoms. The van der Waals surface area contributed by atoms with Crippen LogP contribution in [0.2, 0.25) is 0 Å². The summed E-state index contributed by atoms with van der Waals surface area (Å²) >= 11 is 0. The van der Waals surface area contributed by atoms with Gasteiger partial charge < -0.3 is 15.5 Å². The maximum absolute atomic E-state index is 10.9. The fourth-order valence-electron chi connectivity index (χ4n) is 5.66. The number of aromatic hydroxyl groups is 1. The van der Waals surface area contributed by atoms with Gasteiger partial charge in [0.25, 0.3) is 0 Å². The highest BCUT2D eigenvalue weighted by Crippen LogP contribution is 2.52. The molecule has 2 aromatic rings. The molecule has 0 amide bonds. The fraction of sp³-hybridized carbons (Fsp3) is 0.538. The predicted molar refractivity (Wildman–Crippen MR) is 120 cm³/mol. The second kappa shape index (κ2) is 8.02. The number of hydrogen-bond acceptors (Lipinski definition) is 3. The summed E-state index contributed by atoms with van der Waals surface area (Å²) in [6.45, 7) is 6.71. The Kier molecular flexibility index (Phi) is 5.61. The molecule has 1 fully saturated rings. The number of anilines is 1. The molecular formula is C26H35NO2. The van der Waals surface area contributed by atoms with Gasteiger partial charge in [0.2, 0.25) is 0 Å². The summed E-state index contributed by atoms with van der Waals surface area (Å²) in [6, 6.07) is 14.7. The van der Waals surface area contributed by atoms with E-state index in [2.05, 4.69) is 62.5 Å². The first kappa shape index (κ1) is 20.3. The van der Waals surface area contributed by atoms with Gasteiger partial charge in [-0.2, -0.15) is 0 Å². The zero-order valence-corrected chi connectivity index (χ0v) is 18.0. The van der Waals surface area contributed by atoms with Crippen LogP contribution in [-0.4, -0.2) is 21.9 Å². The van der Waals surface area contributed by atoms with Crippen LogP contribution < -0.4 is 5.32 Å². The summed E-state index contributed by atoms with van der Waals surface area (Å²) in [5.41, 5.74) is 4.53. The Bertz CT molecular complexity index is 845. The van der Waals surface area contributed by atoms with E-state index in [9.17, 15) is 10.2 Å². The Morgan fingerprint density at radius 1 is 1.14 bits per heavy atom. The SMILES string of the molecule is CC(CCCc1ccccc1)c1cc2c(cc1O)C1C(O)CCCC1C(C)(C)N2. The number of nitrogens with one attached hydrogen (secondary N) is 1. The first-order valence-electron chi connectivity index (χ1n) is 11.2. The van der Waals surface area contributed by atoms with Gasteiger partial charge in [0.1, 0.15) is 5.75 Å². The van der Waals surface area contributed by atoms with Gasteiger partial charge in [0.05, 0.1) is 6.10 Å². The highest BCUT2D eigenvalue weighted by molar-refractivity contribution is 5.63. The van der Waals surface area contributed by atoms with Crippen molar-refractivity contribution in [3.8, 4) is 5.75 Å². The highest BCUT2D eigenvalue weighted by atomic mass is 16.3. The van der Waals surface area contributed by atoms with Crippen molar-refractivity contribution >= 4 is 5.69 Å². The molecule has 4 rings (SSSR count). The third-order valence-electron chi connectivity index (χ3n) is 7.28. The van der Waals surface area contributed by atoms with Crippen LogP contribution in [0.25, 0.3) is 0 Å². The van der Waals surface area contributed by atoms with E-state index in [1.54, 1.807) is 0 Å². The number of phenols is 1. The lowest BCUT2D eigenvalue weighted by atomic mass is 9.63. The number of benzene rings is 2. The third-order valence-corrected chi connectivity index (χ3v) is 7.28. The van der Waals surface area contributed by atoms with Crippen molar-refractivity contribution in [2.24, 2.45) is 5.92 Å². The van der Waals surface area contributed by atoms with Crippen molar-refractivity contribution in [2.45, 2.75) is 82.8 Å². The molecule has 1 saturated carbocycles. The van der Waals surface area contributed by atoms with E-state index in [0.29, 0.717) is 17.6 Å². The van der Waals surface area contributed by atoms with E-state index in [1.165, 1.54) is 5.56 Å². The largest absolute Gasteiger partial charge is 0.508 e. The maximum Gasteiger partial charge on any atom is 0.119 e. The number of fused-ring (bicyclic) bond motifs is 3. The fourth-order valence-corrected chi connectivity index (χ4v) is 5.66. The van der Waals surface area contributed by atoms with E-state index >= 15 is 0 Å². The average molecular weight is 394 g/mol. The Balaban J connectivity index is 1.54. The molecule has 1 aliphatic carbocycles. The van der Waals surface area contributed by atoms with Gasteiger partial charge in [-0.1, -0.05) is 43.7 Å². The molecule has 1 heterocycles. The number of aliphatic hydroxyl groups excluding tert-OH is 1. The zero-order valence-electron chi connectivity index (χ0n) is 18.0. The molecular weight excluding hydrogens is 358 g/mol. The van der Waals surface area contributed by atoms with E-state index in [4.69, 9.17) is 0 Å². The third kappa shape index (κ3) is 4.02. The second-order valence-corrected chi connectivity index (χ2v) is 9.75. The van der Waals surface area contributed by atoms with Crippen LogP contribution in [0.15, 0.2) is 42.5 Å². The Hall–Kier alpha value is -2.00. The van der Waals surface area contributed by atoms with Crippen molar-refractivity contribution in [3.05, 3.63) is 59.2 Å². The summed E-state index contributed by atoms with van der Waals surface area (Å²) in [6.07, 6.45) is 5.95. The van der Waals surface area contributed by atoms with Crippen molar-refractivity contribution < 1.29 is 10.2 Å². The number of aryl methyl sites for hydroxylation is 1. The van der Waals surface area contributed by atoms with Crippen LogP contribution in [-0.2, 0) is 6.42 Å². The van der Waals surface area contributed by atoms with Gasteiger partial charge in [-0.05, 0) is 86.6 Å². The van der Waals surface area contributed by atoms with Crippen LogP contribution in [0.3, 0.4) is 0 Å². The van der Waals surface area contributed by atoms with E-state index in [0.717, 1.165) is 55.3 Å². The number of aliphatic hydroxyl groups is 1. The van der Waals surface area contributed by atoms with Gasteiger partial charge in [0.15, 0.2) is 0 Å². The lowest BCUT2D eigenvalue weighted by molar-refractivity contribution is 0.0496. The number of rotatable bonds is 5. The van der Waals surface area contributed by atoms with Crippen molar-refractivity contribution in [1.29, 1.82) is 0 Å². The second-order valence-electron chi connectivity index (χ2n) is 9.75. The minimum Gasteiger partial charge on any atom is -0.508 e. The zero-order chi connectivity index (χ0) is 20.6. The molecule has 156 valence electrons. The molecule has 2 aliphatic rings. The van der Waals surface area contributed by atoms with Gasteiger partial charge >= 0.3 is 0 Å². The molecule has 4 atom stereocenters. The first-order valence-corrected chi connectivity index (χ1v) is 11.2. The molecule has 0 radical (unpaired) electrons. The van der Waals surface area contributed by atoms with Gasteiger partial charge in [-0.25, -0.2) is 0 Å². The maximum atomic E-state index is 10.9. The lowest BCUT2D eigenvalue weighted by Gasteiger charge is -2.50. The summed E-state index contributed by atoms with van der Waals surface area (Å²) in [4.78, 5) is 0. The summed E-state index contributed by atoms with van der Waals surface area (Å²) < 4.78 is 0. The molecule has 0 aromatic heterocycles. The molecule has 0 spiro atoms. The van der Waals surface area contributed by atoms with Crippen molar-refractivity contribution in [2.75, 3.05) is 5.32 Å². The number of phenolic OH excluding ortho intramolecular Hbond substituents is 1. The van der Waals surface area contributed by atoms with Crippen LogP contribution in [0.4, 0.5) is 5.69 Å². The smallest absolute Gasteiger partial charge is 0.119 e. The molecule has 29 heavy (non-hydrogen) atoms. The Labute approximate surface area is 175 Å². The van der Waals surface area contributed by atoms with E-state index in [1.807, 2.05) is 6.07 Å². The standard InChI is InChI=1S/C26H35NO2/c1-17(9-7-12-18-10-5-4-6-11-18)19-15-22-20(16-24(19)29)25-21(26(2,3)27-22)13-8-14-23(25)28/h4-6,10-11,15-17,21,23,25,27-29H,7-9,12-14H2,1-3H3. The van der Waals surface area contributed by atoms with Crippen molar-refractivity contribution in [1.82, 2.24) is 0 Å². The summed E-state index contributed by atoms with van der Waals surface area (Å²) in [5, 5.41) is 25.4. The van der Waals surface area contributed by atoms with Gasteiger partial charge in [-0.3, -0.25) is 0 Å². The average Bonchev–Trinajstić information content (AvgIpc) is 2.69. The first-order chi connectivity index (χ1) is 13.9. The molecule has 2 aromatic carbocycles. The molecule has 4 unspecified atom stereocenters. The quantitative estimate of drug-likeness (QED) is 0.549.